The second-order valence-corrected chi connectivity index (χ2v) is 3.85. The van der Waals surface area contributed by atoms with Crippen LogP contribution in [-0.2, 0) is 14.3 Å². The Balaban J connectivity index is 0.000000187. The van der Waals surface area contributed by atoms with Crippen LogP contribution in [0.4, 0.5) is 0 Å². The summed E-state index contributed by atoms with van der Waals surface area (Å²) in [5.41, 5.74) is 0. The maximum Gasteiger partial charge on any atom is 0.306 e. The molecular formula is C12H20O3. The van der Waals surface area contributed by atoms with Gasteiger partial charge in [-0.3, -0.25) is 4.79 Å². The molecular weight excluding hydrogens is 192 g/mol. The molecule has 0 aromatic rings. The van der Waals surface area contributed by atoms with Crippen LogP contribution < -0.4 is 0 Å². The lowest BCUT2D eigenvalue weighted by Gasteiger charge is -2.20. The van der Waals surface area contributed by atoms with Crippen molar-refractivity contribution in [3.8, 4) is 0 Å². The molecule has 2 rings (SSSR count). The van der Waals surface area contributed by atoms with E-state index in [9.17, 15) is 4.79 Å². The highest BCUT2D eigenvalue weighted by Gasteiger charge is 2.18. The van der Waals surface area contributed by atoms with Gasteiger partial charge in [-0.05, 0) is 25.7 Å². The summed E-state index contributed by atoms with van der Waals surface area (Å²) in [5.74, 6) is -0.0573. The lowest BCUT2D eigenvalue weighted by Crippen LogP contribution is -2.22. The second-order valence-electron chi connectivity index (χ2n) is 3.85. The van der Waals surface area contributed by atoms with Crippen molar-refractivity contribution in [2.75, 3.05) is 13.2 Å². The molecule has 15 heavy (non-hydrogen) atoms. The fraction of sp³-hybridized carbons (Fsp3) is 0.750. The van der Waals surface area contributed by atoms with Gasteiger partial charge in [0.25, 0.3) is 0 Å². The van der Waals surface area contributed by atoms with Crippen LogP contribution >= 0.6 is 0 Å². The molecule has 3 nitrogen and oxygen atoms in total. The molecule has 0 aromatic carbocycles. The highest BCUT2D eigenvalue weighted by atomic mass is 16.5. The number of esters is 1. The monoisotopic (exact) mass is 212 g/mol. The summed E-state index contributed by atoms with van der Waals surface area (Å²) in [6.07, 6.45) is 7.82. The number of cyclic esters (lactones) is 1. The van der Waals surface area contributed by atoms with Gasteiger partial charge in [-0.1, -0.05) is 6.08 Å². The van der Waals surface area contributed by atoms with E-state index in [4.69, 9.17) is 9.47 Å². The van der Waals surface area contributed by atoms with Crippen molar-refractivity contribution in [2.24, 2.45) is 0 Å². The standard InChI is InChI=1S/C8H12O2.C4H8O/c1-2-4-7-5-3-6-8(9)10-7;1-2-4-5-3-1/h2,7H,1,3-6H2;1-4H2. The van der Waals surface area contributed by atoms with Crippen LogP contribution in [0.1, 0.15) is 38.5 Å². The summed E-state index contributed by atoms with van der Waals surface area (Å²) >= 11 is 0. The van der Waals surface area contributed by atoms with E-state index in [2.05, 4.69) is 6.58 Å². The van der Waals surface area contributed by atoms with Crippen molar-refractivity contribution in [2.45, 2.75) is 44.6 Å². The lowest BCUT2D eigenvalue weighted by molar-refractivity contribution is -0.153. The van der Waals surface area contributed by atoms with Gasteiger partial charge in [-0.15, -0.1) is 6.58 Å². The summed E-state index contributed by atoms with van der Waals surface area (Å²) < 4.78 is 9.96. The maximum absolute atomic E-state index is 10.7. The van der Waals surface area contributed by atoms with Gasteiger partial charge in [-0.25, -0.2) is 0 Å². The molecule has 0 bridgehead atoms. The molecule has 2 saturated heterocycles. The number of hydrogen-bond acceptors (Lipinski definition) is 3. The van der Waals surface area contributed by atoms with E-state index in [1.165, 1.54) is 12.8 Å². The summed E-state index contributed by atoms with van der Waals surface area (Å²) in [6.45, 7) is 5.59. The molecule has 0 amide bonds. The Morgan fingerprint density at radius 3 is 2.53 bits per heavy atom. The Morgan fingerprint density at radius 2 is 2.07 bits per heavy atom. The van der Waals surface area contributed by atoms with Gasteiger partial charge in [0.1, 0.15) is 6.10 Å². The van der Waals surface area contributed by atoms with E-state index in [1.54, 1.807) is 6.08 Å². The summed E-state index contributed by atoms with van der Waals surface area (Å²) in [7, 11) is 0. The van der Waals surface area contributed by atoms with Crippen LogP contribution in [0.2, 0.25) is 0 Å². The highest BCUT2D eigenvalue weighted by molar-refractivity contribution is 5.70. The first-order valence-electron chi connectivity index (χ1n) is 5.71. The molecule has 0 radical (unpaired) electrons. The zero-order valence-corrected chi connectivity index (χ0v) is 9.24. The van der Waals surface area contributed by atoms with E-state index in [-0.39, 0.29) is 12.1 Å². The summed E-state index contributed by atoms with van der Waals surface area (Å²) in [5, 5.41) is 0. The Labute approximate surface area is 91.4 Å². The van der Waals surface area contributed by atoms with Gasteiger partial charge in [0.05, 0.1) is 0 Å². The maximum atomic E-state index is 10.7. The van der Waals surface area contributed by atoms with Crippen molar-refractivity contribution in [3.05, 3.63) is 12.7 Å². The molecule has 0 N–H and O–H groups in total. The quantitative estimate of drug-likeness (QED) is 0.521. The van der Waals surface area contributed by atoms with E-state index in [0.717, 1.165) is 32.5 Å². The molecule has 1 atom stereocenters. The molecule has 0 spiro atoms. The highest BCUT2D eigenvalue weighted by Crippen LogP contribution is 2.16. The van der Waals surface area contributed by atoms with Crippen LogP contribution in [0.25, 0.3) is 0 Å². The molecule has 2 heterocycles. The fourth-order valence-corrected chi connectivity index (χ4v) is 1.64. The molecule has 0 saturated carbocycles. The fourth-order valence-electron chi connectivity index (χ4n) is 1.64. The first-order valence-corrected chi connectivity index (χ1v) is 5.71. The summed E-state index contributed by atoms with van der Waals surface area (Å²) in [4.78, 5) is 10.7. The third kappa shape index (κ3) is 5.57. The van der Waals surface area contributed by atoms with E-state index >= 15 is 0 Å². The van der Waals surface area contributed by atoms with Crippen molar-refractivity contribution in [1.82, 2.24) is 0 Å². The Kier molecular flexibility index (Phi) is 6.09. The minimum absolute atomic E-state index is 0.0573. The van der Waals surface area contributed by atoms with E-state index in [0.29, 0.717) is 6.42 Å². The van der Waals surface area contributed by atoms with Crippen molar-refractivity contribution in [1.29, 1.82) is 0 Å². The number of hydrogen-bond donors (Lipinski definition) is 0. The zero-order valence-electron chi connectivity index (χ0n) is 9.24. The van der Waals surface area contributed by atoms with Crippen LogP contribution in [0.15, 0.2) is 12.7 Å². The number of ether oxygens (including phenoxy) is 2. The van der Waals surface area contributed by atoms with Crippen molar-refractivity contribution < 1.29 is 14.3 Å². The average molecular weight is 212 g/mol. The largest absolute Gasteiger partial charge is 0.462 e. The zero-order chi connectivity index (χ0) is 10.9. The van der Waals surface area contributed by atoms with Crippen LogP contribution in [0.3, 0.4) is 0 Å². The smallest absolute Gasteiger partial charge is 0.306 e. The van der Waals surface area contributed by atoms with Crippen LogP contribution in [0.5, 0.6) is 0 Å². The second kappa shape index (κ2) is 7.46. The van der Waals surface area contributed by atoms with Crippen LogP contribution in [0, 0.1) is 0 Å². The third-order valence-electron chi connectivity index (χ3n) is 2.46. The molecule has 2 aliphatic rings. The average Bonchev–Trinajstić information content (AvgIpc) is 2.76. The Morgan fingerprint density at radius 1 is 1.33 bits per heavy atom. The van der Waals surface area contributed by atoms with Gasteiger partial charge in [0.15, 0.2) is 0 Å². The van der Waals surface area contributed by atoms with Gasteiger partial charge in [0.2, 0.25) is 0 Å². The topological polar surface area (TPSA) is 35.5 Å². The lowest BCUT2D eigenvalue weighted by atomic mass is 10.1. The van der Waals surface area contributed by atoms with Gasteiger partial charge in [-0.2, -0.15) is 0 Å². The molecule has 0 aliphatic carbocycles. The van der Waals surface area contributed by atoms with Gasteiger partial charge < -0.3 is 9.47 Å². The predicted molar refractivity (Wildman–Crippen MR) is 58.6 cm³/mol. The molecule has 1 unspecified atom stereocenters. The first-order chi connectivity index (χ1) is 7.33. The Hall–Kier alpha value is -0.830. The normalized spacial score (nSPS) is 25.1. The summed E-state index contributed by atoms with van der Waals surface area (Å²) in [6, 6.07) is 0. The molecule has 3 heteroatoms. The van der Waals surface area contributed by atoms with E-state index < -0.39 is 0 Å². The van der Waals surface area contributed by atoms with E-state index in [1.807, 2.05) is 0 Å². The molecule has 0 aromatic heterocycles. The SMILES string of the molecule is C1CCOC1.C=CCC1CCCC(=O)O1. The molecule has 2 aliphatic heterocycles. The minimum atomic E-state index is -0.0573. The van der Waals surface area contributed by atoms with Gasteiger partial charge in [0, 0.05) is 26.1 Å². The predicted octanol–water partition coefficient (Wildman–Crippen LogP) is 2.46. The first kappa shape index (κ1) is 12.2. The van der Waals surface area contributed by atoms with Crippen LogP contribution in [-0.4, -0.2) is 25.3 Å². The number of carbonyl (C=O) groups excluding carboxylic acids is 1. The van der Waals surface area contributed by atoms with Crippen molar-refractivity contribution in [3.63, 3.8) is 0 Å². The number of rotatable bonds is 2. The Bertz CT molecular complexity index is 189. The molecule has 86 valence electrons. The third-order valence-corrected chi connectivity index (χ3v) is 2.46. The molecule has 2 fully saturated rings. The van der Waals surface area contributed by atoms with Crippen molar-refractivity contribution >= 4 is 5.97 Å². The van der Waals surface area contributed by atoms with Gasteiger partial charge >= 0.3 is 5.97 Å². The minimum Gasteiger partial charge on any atom is -0.462 e. The number of carbonyl (C=O) groups is 1.